The van der Waals surface area contributed by atoms with Gasteiger partial charge in [-0.05, 0) is 62.4 Å². The molecule has 0 saturated carbocycles. The molecular formula is C30H32. The molecule has 0 fully saturated rings. The number of hydrogen-bond acceptors (Lipinski definition) is 0. The van der Waals surface area contributed by atoms with Crippen LogP contribution in [-0.2, 0) is 5.41 Å². The van der Waals surface area contributed by atoms with Crippen molar-refractivity contribution in [2.45, 2.75) is 39.5 Å². The first-order valence-corrected chi connectivity index (χ1v) is 10.9. The van der Waals surface area contributed by atoms with Crippen LogP contribution in [0.3, 0.4) is 0 Å². The lowest BCUT2D eigenvalue weighted by atomic mass is 9.60. The summed E-state index contributed by atoms with van der Waals surface area (Å²) >= 11 is 0. The largest absolute Gasteiger partial charge is 0.0987 e. The quantitative estimate of drug-likeness (QED) is 0.409. The molecule has 1 aliphatic carbocycles. The molecule has 0 aromatic heterocycles. The van der Waals surface area contributed by atoms with Gasteiger partial charge in [0.1, 0.15) is 0 Å². The van der Waals surface area contributed by atoms with Gasteiger partial charge < -0.3 is 0 Å². The van der Waals surface area contributed by atoms with Crippen molar-refractivity contribution in [3.63, 3.8) is 0 Å². The molecule has 3 aromatic rings. The first-order chi connectivity index (χ1) is 14.3. The van der Waals surface area contributed by atoms with E-state index in [0.717, 1.165) is 6.42 Å². The maximum absolute atomic E-state index is 4.28. The zero-order chi connectivity index (χ0) is 21.5. The van der Waals surface area contributed by atoms with E-state index in [1.807, 2.05) is 6.08 Å². The minimum atomic E-state index is -0.237. The summed E-state index contributed by atoms with van der Waals surface area (Å²) in [6.45, 7) is 17.9. The summed E-state index contributed by atoms with van der Waals surface area (Å²) < 4.78 is 0. The van der Waals surface area contributed by atoms with Crippen molar-refractivity contribution in [1.29, 1.82) is 0 Å². The maximum atomic E-state index is 4.28. The molecule has 0 N–H and O–H groups in total. The third-order valence-electron chi connectivity index (χ3n) is 6.63. The Kier molecular flexibility index (Phi) is 5.06. The van der Waals surface area contributed by atoms with Crippen molar-refractivity contribution in [1.82, 2.24) is 0 Å². The lowest BCUT2D eigenvalue weighted by Crippen LogP contribution is -2.37. The zero-order valence-corrected chi connectivity index (χ0v) is 18.7. The van der Waals surface area contributed by atoms with Crippen LogP contribution in [0.2, 0.25) is 0 Å². The van der Waals surface area contributed by atoms with Crippen LogP contribution < -0.4 is 0 Å². The Bertz CT molecular complexity index is 1150. The second-order valence-electron chi connectivity index (χ2n) is 9.82. The SMILES string of the molecule is C=CC1=C(C=C)C(c2ccc3ccccc3c2)(C(C)CC(C)(C)C)c2ccccc21. The fourth-order valence-corrected chi connectivity index (χ4v) is 5.69. The van der Waals surface area contributed by atoms with Gasteiger partial charge in [-0.1, -0.05) is 114 Å². The van der Waals surface area contributed by atoms with Crippen LogP contribution in [0.1, 0.15) is 50.8 Å². The van der Waals surface area contributed by atoms with Crippen LogP contribution in [0.15, 0.2) is 97.6 Å². The maximum Gasteiger partial charge on any atom is 0.0489 e. The molecular weight excluding hydrogens is 360 g/mol. The molecule has 4 rings (SSSR count). The van der Waals surface area contributed by atoms with Crippen LogP contribution >= 0.6 is 0 Å². The van der Waals surface area contributed by atoms with E-state index in [4.69, 9.17) is 0 Å². The Balaban J connectivity index is 2.09. The molecule has 0 heterocycles. The van der Waals surface area contributed by atoms with E-state index in [0.29, 0.717) is 5.92 Å². The van der Waals surface area contributed by atoms with Crippen LogP contribution in [0.5, 0.6) is 0 Å². The lowest BCUT2D eigenvalue weighted by molar-refractivity contribution is 0.256. The molecule has 0 heteroatoms. The summed E-state index contributed by atoms with van der Waals surface area (Å²) in [5.41, 5.74) is 6.50. The Morgan fingerprint density at radius 1 is 0.867 bits per heavy atom. The van der Waals surface area contributed by atoms with Crippen molar-refractivity contribution in [2.75, 3.05) is 0 Å². The van der Waals surface area contributed by atoms with E-state index >= 15 is 0 Å². The van der Waals surface area contributed by atoms with E-state index in [-0.39, 0.29) is 10.8 Å². The number of hydrogen-bond donors (Lipinski definition) is 0. The summed E-state index contributed by atoms with van der Waals surface area (Å²) in [6.07, 6.45) is 5.20. The highest BCUT2D eigenvalue weighted by Crippen LogP contribution is 2.57. The molecule has 0 aliphatic heterocycles. The highest BCUT2D eigenvalue weighted by molar-refractivity contribution is 5.91. The molecule has 0 amide bonds. The standard InChI is InChI=1S/C30H32/c1-7-25-26-15-11-12-16-28(26)30(27(25)8-2,21(3)20-29(4,5)6)24-18-17-22-13-9-10-14-23(22)19-24/h7-19,21H,1-2,20H2,3-6H3. The average Bonchev–Trinajstić information content (AvgIpc) is 3.02. The number of rotatable bonds is 5. The smallest absolute Gasteiger partial charge is 0.0489 e. The van der Waals surface area contributed by atoms with Gasteiger partial charge in [-0.25, -0.2) is 0 Å². The highest BCUT2D eigenvalue weighted by atomic mass is 14.5. The fraction of sp³-hybridized carbons (Fsp3) is 0.267. The van der Waals surface area contributed by atoms with Gasteiger partial charge in [0, 0.05) is 5.41 Å². The minimum Gasteiger partial charge on any atom is -0.0987 e. The molecule has 3 aromatic carbocycles. The van der Waals surface area contributed by atoms with Gasteiger partial charge in [-0.3, -0.25) is 0 Å². The molecule has 2 atom stereocenters. The van der Waals surface area contributed by atoms with Gasteiger partial charge in [0.05, 0.1) is 0 Å². The van der Waals surface area contributed by atoms with Crippen LogP contribution in [0.25, 0.3) is 16.3 Å². The topological polar surface area (TPSA) is 0 Å². The first-order valence-electron chi connectivity index (χ1n) is 10.9. The molecule has 0 saturated heterocycles. The Labute approximate surface area is 181 Å². The summed E-state index contributed by atoms with van der Waals surface area (Å²) in [7, 11) is 0. The number of benzene rings is 3. The lowest BCUT2D eigenvalue weighted by Gasteiger charge is -2.42. The van der Waals surface area contributed by atoms with Crippen molar-refractivity contribution in [3.8, 4) is 0 Å². The van der Waals surface area contributed by atoms with Gasteiger partial charge in [0.25, 0.3) is 0 Å². The van der Waals surface area contributed by atoms with Gasteiger partial charge in [0.2, 0.25) is 0 Å². The Morgan fingerprint density at radius 2 is 1.53 bits per heavy atom. The van der Waals surface area contributed by atoms with Gasteiger partial charge in [0.15, 0.2) is 0 Å². The van der Waals surface area contributed by atoms with Gasteiger partial charge >= 0.3 is 0 Å². The second-order valence-corrected chi connectivity index (χ2v) is 9.82. The monoisotopic (exact) mass is 392 g/mol. The van der Waals surface area contributed by atoms with E-state index in [2.05, 4.69) is 114 Å². The fourth-order valence-electron chi connectivity index (χ4n) is 5.69. The van der Waals surface area contributed by atoms with Crippen LogP contribution in [-0.4, -0.2) is 0 Å². The third-order valence-corrected chi connectivity index (χ3v) is 6.63. The second kappa shape index (κ2) is 7.43. The molecule has 0 bridgehead atoms. The highest BCUT2D eigenvalue weighted by Gasteiger charge is 2.49. The molecule has 1 aliphatic rings. The molecule has 0 nitrogen and oxygen atoms in total. The van der Waals surface area contributed by atoms with Gasteiger partial charge in [-0.15, -0.1) is 0 Å². The van der Waals surface area contributed by atoms with Crippen LogP contribution in [0.4, 0.5) is 0 Å². The minimum absolute atomic E-state index is 0.224. The summed E-state index contributed by atoms with van der Waals surface area (Å²) in [4.78, 5) is 0. The zero-order valence-electron chi connectivity index (χ0n) is 18.7. The normalized spacial score (nSPS) is 19.6. The van der Waals surface area contributed by atoms with E-state index < -0.39 is 0 Å². The number of fused-ring (bicyclic) bond motifs is 2. The van der Waals surface area contributed by atoms with Crippen molar-refractivity contribution in [2.24, 2.45) is 11.3 Å². The van der Waals surface area contributed by atoms with Crippen molar-refractivity contribution < 1.29 is 0 Å². The van der Waals surface area contributed by atoms with Gasteiger partial charge in [-0.2, -0.15) is 0 Å². The van der Waals surface area contributed by atoms with E-state index in [1.165, 1.54) is 38.6 Å². The van der Waals surface area contributed by atoms with Crippen molar-refractivity contribution >= 4 is 16.3 Å². The Morgan fingerprint density at radius 3 is 2.20 bits per heavy atom. The Hall–Kier alpha value is -2.86. The number of allylic oxidation sites excluding steroid dienone is 4. The summed E-state index contributed by atoms with van der Waals surface area (Å²) in [5.74, 6) is 0.394. The molecule has 0 spiro atoms. The predicted octanol–water partition coefficient (Wildman–Crippen LogP) is 8.34. The predicted molar refractivity (Wildman–Crippen MR) is 132 cm³/mol. The van der Waals surface area contributed by atoms with Crippen molar-refractivity contribution in [3.05, 3.63) is 114 Å². The molecule has 2 unspecified atom stereocenters. The summed E-state index contributed by atoms with van der Waals surface area (Å²) in [5, 5.41) is 2.56. The molecule has 152 valence electrons. The third kappa shape index (κ3) is 3.06. The average molecular weight is 393 g/mol. The summed E-state index contributed by atoms with van der Waals surface area (Å²) in [6, 6.07) is 24.5. The first kappa shape index (κ1) is 20.4. The van der Waals surface area contributed by atoms with Crippen LogP contribution in [0, 0.1) is 11.3 Å². The van der Waals surface area contributed by atoms with E-state index in [1.54, 1.807) is 0 Å². The molecule has 30 heavy (non-hydrogen) atoms. The van der Waals surface area contributed by atoms with E-state index in [9.17, 15) is 0 Å². The molecule has 0 radical (unpaired) electrons.